The molecule has 9 nitrogen and oxygen atoms in total. The monoisotopic (exact) mass is 552 g/mol. The number of hydrogen-bond donors (Lipinski definition) is 6. The molecule has 13 heteroatoms. The molecule has 4 rings (SSSR count). The Balaban J connectivity index is 1.17. The van der Waals surface area contributed by atoms with Crippen molar-refractivity contribution in [1.82, 2.24) is 15.5 Å². The van der Waals surface area contributed by atoms with Crippen molar-refractivity contribution in [2.75, 3.05) is 25.1 Å². The lowest BCUT2D eigenvalue weighted by molar-refractivity contribution is -0.274. The van der Waals surface area contributed by atoms with Crippen molar-refractivity contribution in [2.24, 2.45) is 16.8 Å². The average Bonchev–Trinajstić information content (AvgIpc) is 3.33. The minimum Gasteiger partial charge on any atom is -0.406 e. The maximum atomic E-state index is 12.6. The molecular formula is C25H31F3N6O3S. The topological polar surface area (TPSA) is 143 Å². The summed E-state index contributed by atoms with van der Waals surface area (Å²) < 4.78 is 47.5. The number of nitrogens with zero attached hydrogens (tertiary/aromatic N) is 1. The molecule has 0 saturated heterocycles. The second-order valence-corrected chi connectivity index (χ2v) is 9.79. The van der Waals surface area contributed by atoms with Crippen LogP contribution in [-0.2, 0) is 17.9 Å². The summed E-state index contributed by atoms with van der Waals surface area (Å²) in [4.78, 5) is 0.755. The third kappa shape index (κ3) is 7.54. The molecule has 3 aromatic rings. The van der Waals surface area contributed by atoms with Crippen LogP contribution in [0.1, 0.15) is 29.5 Å². The van der Waals surface area contributed by atoms with E-state index in [1.54, 1.807) is 12.3 Å². The van der Waals surface area contributed by atoms with Gasteiger partial charge in [-0.25, -0.2) is 0 Å². The molecule has 1 heterocycles. The summed E-state index contributed by atoms with van der Waals surface area (Å²) in [5, 5.41) is 29.8. The number of aromatic amines is 1. The Morgan fingerprint density at radius 3 is 2.71 bits per heavy atom. The van der Waals surface area contributed by atoms with Crippen LogP contribution in [0.2, 0.25) is 0 Å². The number of benzene rings is 2. The van der Waals surface area contributed by atoms with Crippen molar-refractivity contribution in [2.45, 2.75) is 38.4 Å². The molecule has 0 bridgehead atoms. The van der Waals surface area contributed by atoms with E-state index in [0.717, 1.165) is 51.8 Å². The highest BCUT2D eigenvalue weighted by Crippen LogP contribution is 2.31. The summed E-state index contributed by atoms with van der Waals surface area (Å²) in [6, 6.07) is 8.37. The highest BCUT2D eigenvalue weighted by molar-refractivity contribution is 8.06. The third-order valence-corrected chi connectivity index (χ3v) is 6.94. The summed E-state index contributed by atoms with van der Waals surface area (Å²) in [6.45, 7) is 1.79. The normalized spacial score (nSPS) is 18.0. The van der Waals surface area contributed by atoms with Crippen molar-refractivity contribution in [3.8, 4) is 5.75 Å². The predicted molar refractivity (Wildman–Crippen MR) is 142 cm³/mol. The Morgan fingerprint density at radius 2 is 2.00 bits per heavy atom. The zero-order valence-corrected chi connectivity index (χ0v) is 21.4. The molecular weight excluding hydrogens is 521 g/mol. The first kappa shape index (κ1) is 28.0. The fourth-order valence-corrected chi connectivity index (χ4v) is 4.80. The smallest absolute Gasteiger partial charge is 0.406 e. The van der Waals surface area contributed by atoms with Crippen LogP contribution in [0, 0.1) is 5.92 Å². The van der Waals surface area contributed by atoms with Crippen molar-refractivity contribution in [3.63, 3.8) is 0 Å². The highest BCUT2D eigenvalue weighted by Gasteiger charge is 2.32. The van der Waals surface area contributed by atoms with Crippen LogP contribution in [0.4, 0.5) is 18.9 Å². The number of halogens is 3. The van der Waals surface area contributed by atoms with Crippen LogP contribution in [-0.4, -0.2) is 47.5 Å². The first-order chi connectivity index (χ1) is 18.3. The van der Waals surface area contributed by atoms with Crippen LogP contribution < -0.4 is 26.2 Å². The van der Waals surface area contributed by atoms with Crippen LogP contribution in [0.15, 0.2) is 42.7 Å². The zero-order chi connectivity index (χ0) is 27.1. The molecule has 2 aromatic carbocycles. The minimum absolute atomic E-state index is 0.258. The van der Waals surface area contributed by atoms with Crippen LogP contribution >= 0.6 is 11.9 Å². The number of H-pyrrole nitrogens is 1. The molecule has 1 aliphatic rings. The number of nitrogens with two attached hydrogens (primary N) is 2. The van der Waals surface area contributed by atoms with Gasteiger partial charge in [-0.1, -0.05) is 6.07 Å². The second-order valence-electron chi connectivity index (χ2n) is 9.11. The quantitative estimate of drug-likeness (QED) is 0.138. The Labute approximate surface area is 222 Å². The Kier molecular flexibility index (Phi) is 9.39. The average molecular weight is 553 g/mol. The number of ether oxygens (including phenoxy) is 2. The van der Waals surface area contributed by atoms with E-state index in [1.807, 2.05) is 12.1 Å². The molecule has 8 N–H and O–H groups in total. The molecule has 0 amide bonds. The number of aliphatic hydroxyl groups is 1. The molecule has 206 valence electrons. The maximum Gasteiger partial charge on any atom is 0.573 e. The van der Waals surface area contributed by atoms with Gasteiger partial charge in [0.1, 0.15) is 5.75 Å². The Bertz CT molecular complexity index is 1250. The van der Waals surface area contributed by atoms with E-state index in [4.69, 9.17) is 15.6 Å². The molecule has 0 atom stereocenters. The van der Waals surface area contributed by atoms with Gasteiger partial charge in [0.25, 0.3) is 0 Å². The van der Waals surface area contributed by atoms with Crippen LogP contribution in [0.3, 0.4) is 0 Å². The molecule has 0 radical (unpaired) electrons. The van der Waals surface area contributed by atoms with Gasteiger partial charge in [-0.05, 0) is 71.7 Å². The summed E-state index contributed by atoms with van der Waals surface area (Å²) in [7, 11) is 0. The fourth-order valence-electron chi connectivity index (χ4n) is 4.47. The van der Waals surface area contributed by atoms with Gasteiger partial charge in [0.2, 0.25) is 0 Å². The summed E-state index contributed by atoms with van der Waals surface area (Å²) >= 11 is 1.08. The lowest BCUT2D eigenvalue weighted by atomic mass is 9.81. The minimum atomic E-state index is -4.78. The first-order valence-corrected chi connectivity index (χ1v) is 13.0. The van der Waals surface area contributed by atoms with E-state index in [1.165, 1.54) is 18.3 Å². The van der Waals surface area contributed by atoms with Crippen LogP contribution in [0.25, 0.3) is 15.8 Å². The molecule has 0 aliphatic heterocycles. The van der Waals surface area contributed by atoms with Gasteiger partial charge >= 0.3 is 6.36 Å². The van der Waals surface area contributed by atoms with Gasteiger partial charge in [-0.2, -0.15) is 5.10 Å². The van der Waals surface area contributed by atoms with Crippen molar-refractivity contribution in [1.29, 1.82) is 0 Å². The summed E-state index contributed by atoms with van der Waals surface area (Å²) in [5.74, 6) is 0.0901. The molecule has 1 saturated carbocycles. The maximum absolute atomic E-state index is 12.6. The van der Waals surface area contributed by atoms with Gasteiger partial charge in [-0.3, -0.25) is 10.2 Å². The Hall–Kier alpha value is -2.97. The number of aromatic nitrogens is 2. The number of aliphatic hydroxyl groups excluding tert-OH is 1. The third-order valence-electron chi connectivity index (χ3n) is 6.31. The molecule has 1 fully saturated rings. The number of rotatable bonds is 13. The molecule has 1 aromatic heterocycles. The van der Waals surface area contributed by atoms with E-state index < -0.39 is 6.36 Å². The largest absolute Gasteiger partial charge is 0.573 e. The summed E-state index contributed by atoms with van der Waals surface area (Å²) in [5.41, 5.74) is 9.34. The number of hydrogen-bond acceptors (Lipinski definition) is 9. The Morgan fingerprint density at radius 1 is 1.21 bits per heavy atom. The lowest BCUT2D eigenvalue weighted by Crippen LogP contribution is -2.42. The molecule has 1 aliphatic carbocycles. The van der Waals surface area contributed by atoms with Crippen LogP contribution in [0.5, 0.6) is 5.75 Å². The predicted octanol–water partition coefficient (Wildman–Crippen LogP) is 3.81. The molecule has 0 spiro atoms. The number of alkyl halides is 3. The molecule has 0 unspecified atom stereocenters. The lowest BCUT2D eigenvalue weighted by Gasteiger charge is -2.36. The van der Waals surface area contributed by atoms with Gasteiger partial charge in [0, 0.05) is 47.9 Å². The van der Waals surface area contributed by atoms with E-state index in [2.05, 4.69) is 25.6 Å². The first-order valence-electron chi connectivity index (χ1n) is 12.1. The summed E-state index contributed by atoms with van der Waals surface area (Å²) in [6.07, 6.45) is 0.292. The molecule has 38 heavy (non-hydrogen) atoms. The van der Waals surface area contributed by atoms with Gasteiger partial charge in [-0.15, -0.1) is 13.2 Å². The SMILES string of the molecule is N/C=C(\SN)c1cc(NCCOCC2CC(NCc3cc(CO)cc(OC(F)(F)F)c3)C2)c2cn[nH]c2c1. The van der Waals surface area contributed by atoms with Crippen molar-refractivity contribution < 1.29 is 27.8 Å². The highest BCUT2D eigenvalue weighted by atomic mass is 32.2. The number of nitrogens with one attached hydrogen (secondary N) is 3. The van der Waals surface area contributed by atoms with Gasteiger partial charge < -0.3 is 30.9 Å². The standard InChI is InChI=1S/C25H31F3N6O3S/c26-25(27,28)37-20-6-15(3-16(7-20)13-35)11-32-19-4-17(5-19)14-36-2-1-31-22-8-18(24(10-29)38-30)9-23-21(22)12-33-34-23/h3,6-10,12,17,19,31-32,35H,1-2,4-5,11,13-14,29-30H2,(H,33,34)/b24-10-. The van der Waals surface area contributed by atoms with Gasteiger partial charge in [0.15, 0.2) is 0 Å². The van der Waals surface area contributed by atoms with Crippen molar-refractivity contribution >= 4 is 33.4 Å². The van der Waals surface area contributed by atoms with Gasteiger partial charge in [0.05, 0.1) is 24.9 Å². The van der Waals surface area contributed by atoms with E-state index >= 15 is 0 Å². The second kappa shape index (κ2) is 12.7. The number of fused-ring (bicyclic) bond motifs is 1. The number of anilines is 1. The zero-order valence-electron chi connectivity index (χ0n) is 20.6. The van der Waals surface area contributed by atoms with Crippen molar-refractivity contribution in [3.05, 3.63) is 59.4 Å². The van der Waals surface area contributed by atoms with E-state index in [0.29, 0.717) is 43.3 Å². The fraction of sp³-hybridized carbons (Fsp3) is 0.400. The van der Waals surface area contributed by atoms with E-state index in [-0.39, 0.29) is 18.4 Å². The van der Waals surface area contributed by atoms with E-state index in [9.17, 15) is 18.3 Å².